The predicted octanol–water partition coefficient (Wildman–Crippen LogP) is 1.91. The Bertz CT molecular complexity index is 796. The quantitative estimate of drug-likeness (QED) is 0.555. The maximum Gasteiger partial charge on any atom is 0.244 e. The van der Waals surface area contributed by atoms with E-state index in [2.05, 4.69) is 25.5 Å². The molecule has 0 fully saturated rings. The summed E-state index contributed by atoms with van der Waals surface area (Å²) in [6.45, 7) is 1.71. The Hall–Kier alpha value is -3.06. The van der Waals surface area contributed by atoms with E-state index < -0.39 is 0 Å². The first kappa shape index (κ1) is 14.9. The summed E-state index contributed by atoms with van der Waals surface area (Å²) in [5.41, 5.74) is 6.07. The van der Waals surface area contributed by atoms with Gasteiger partial charge in [0.25, 0.3) is 0 Å². The first-order chi connectivity index (χ1) is 11.2. The average Bonchev–Trinajstić information content (AvgIpc) is 3.09. The molecule has 3 aromatic rings. The Labute approximate surface area is 133 Å². The Balaban J connectivity index is 1.67. The Morgan fingerprint density at radius 1 is 1.26 bits per heavy atom. The zero-order valence-electron chi connectivity index (χ0n) is 12.6. The molecular weight excluding hydrogens is 292 g/mol. The molecule has 2 heterocycles. The number of rotatable bonds is 5. The molecule has 0 bridgehead atoms. The lowest BCUT2D eigenvalue weighted by molar-refractivity contribution is 0.276. The lowest BCUT2D eigenvalue weighted by Gasteiger charge is -2.03. The van der Waals surface area contributed by atoms with Crippen molar-refractivity contribution in [3.05, 3.63) is 66.0 Å². The lowest BCUT2D eigenvalue weighted by Crippen LogP contribution is -2.01. The van der Waals surface area contributed by atoms with Gasteiger partial charge in [0.05, 0.1) is 24.8 Å². The number of aliphatic hydroxyl groups excluding tert-OH is 1. The number of aliphatic hydroxyl groups is 1. The number of hydrogen-bond donors (Lipinski definition) is 2. The Morgan fingerprint density at radius 3 is 2.78 bits per heavy atom. The second kappa shape index (κ2) is 6.80. The van der Waals surface area contributed by atoms with Gasteiger partial charge in [0.15, 0.2) is 0 Å². The Kier molecular flexibility index (Phi) is 4.39. The molecule has 0 amide bonds. The topological polar surface area (TPSA) is 88.2 Å². The highest BCUT2D eigenvalue weighted by molar-refractivity contribution is 5.80. The Morgan fingerprint density at radius 2 is 2.09 bits per heavy atom. The first-order valence-electron chi connectivity index (χ1n) is 7.07. The molecule has 0 unspecified atom stereocenters. The summed E-state index contributed by atoms with van der Waals surface area (Å²) in [7, 11) is 0. The molecule has 0 saturated carbocycles. The highest BCUT2D eigenvalue weighted by atomic mass is 16.3. The van der Waals surface area contributed by atoms with Crippen LogP contribution in [0.25, 0.3) is 5.69 Å². The van der Waals surface area contributed by atoms with E-state index in [0.717, 1.165) is 16.9 Å². The molecule has 7 heteroatoms. The molecule has 0 atom stereocenters. The van der Waals surface area contributed by atoms with Crippen molar-refractivity contribution < 1.29 is 5.11 Å². The summed E-state index contributed by atoms with van der Waals surface area (Å²) in [4.78, 5) is 12.4. The number of aromatic nitrogens is 4. The first-order valence-corrected chi connectivity index (χ1v) is 7.07. The summed E-state index contributed by atoms with van der Waals surface area (Å²) < 4.78 is 1.93. The SMILES string of the molecule is Cc1cc(CO)nc(N/N=C/c2ccc(-n3ccnc3)cc2)n1. The summed E-state index contributed by atoms with van der Waals surface area (Å²) in [6.07, 6.45) is 7.06. The van der Waals surface area contributed by atoms with E-state index in [0.29, 0.717) is 11.6 Å². The van der Waals surface area contributed by atoms with E-state index in [9.17, 15) is 0 Å². The molecule has 3 rings (SSSR count). The van der Waals surface area contributed by atoms with Crippen molar-refractivity contribution in [1.82, 2.24) is 19.5 Å². The lowest BCUT2D eigenvalue weighted by atomic mass is 10.2. The molecule has 0 aliphatic heterocycles. The van der Waals surface area contributed by atoms with Crippen molar-refractivity contribution in [2.45, 2.75) is 13.5 Å². The molecule has 116 valence electrons. The standard InChI is InChI=1S/C16H16N6O/c1-12-8-14(10-23)20-16(19-12)21-18-9-13-2-4-15(5-3-13)22-7-6-17-11-22/h2-9,11,23H,10H2,1H3,(H,19,20,21)/b18-9+. The van der Waals surface area contributed by atoms with Crippen LogP contribution in [0.1, 0.15) is 17.0 Å². The number of anilines is 1. The number of benzene rings is 1. The molecule has 0 spiro atoms. The van der Waals surface area contributed by atoms with Gasteiger partial charge >= 0.3 is 0 Å². The van der Waals surface area contributed by atoms with E-state index in [1.54, 1.807) is 24.8 Å². The molecule has 2 N–H and O–H groups in total. The van der Waals surface area contributed by atoms with Crippen LogP contribution in [-0.2, 0) is 6.61 Å². The highest BCUT2D eigenvalue weighted by Gasteiger charge is 2.00. The fourth-order valence-corrected chi connectivity index (χ4v) is 2.07. The van der Waals surface area contributed by atoms with Crippen LogP contribution in [0.4, 0.5) is 5.95 Å². The van der Waals surface area contributed by atoms with E-state index in [-0.39, 0.29) is 6.61 Å². The number of nitrogens with one attached hydrogen (secondary N) is 1. The normalized spacial score (nSPS) is 11.0. The second-order valence-corrected chi connectivity index (χ2v) is 4.91. The number of aryl methyl sites for hydroxylation is 1. The van der Waals surface area contributed by atoms with E-state index in [1.165, 1.54) is 0 Å². The van der Waals surface area contributed by atoms with E-state index in [4.69, 9.17) is 5.11 Å². The third kappa shape index (κ3) is 3.78. The molecule has 7 nitrogen and oxygen atoms in total. The van der Waals surface area contributed by atoms with Gasteiger partial charge in [0, 0.05) is 23.8 Å². The number of imidazole rings is 1. The van der Waals surface area contributed by atoms with Crippen LogP contribution in [0.5, 0.6) is 0 Å². The smallest absolute Gasteiger partial charge is 0.244 e. The minimum atomic E-state index is -0.128. The summed E-state index contributed by atoms with van der Waals surface area (Å²) in [5, 5.41) is 13.3. The third-order valence-corrected chi connectivity index (χ3v) is 3.14. The van der Waals surface area contributed by atoms with Crippen molar-refractivity contribution in [2.24, 2.45) is 5.10 Å². The highest BCUT2D eigenvalue weighted by Crippen LogP contribution is 2.08. The van der Waals surface area contributed by atoms with Crippen LogP contribution < -0.4 is 5.43 Å². The van der Waals surface area contributed by atoms with E-state index >= 15 is 0 Å². The summed E-state index contributed by atoms with van der Waals surface area (Å²) >= 11 is 0. The van der Waals surface area contributed by atoms with Crippen molar-refractivity contribution in [2.75, 3.05) is 5.43 Å². The van der Waals surface area contributed by atoms with Gasteiger partial charge in [0.1, 0.15) is 0 Å². The number of nitrogens with zero attached hydrogens (tertiary/aromatic N) is 5. The monoisotopic (exact) mass is 308 g/mol. The molecule has 0 saturated heterocycles. The molecule has 2 aromatic heterocycles. The van der Waals surface area contributed by atoms with Crippen LogP contribution in [0.15, 0.2) is 54.2 Å². The number of hydrogen-bond acceptors (Lipinski definition) is 6. The van der Waals surface area contributed by atoms with Crippen molar-refractivity contribution in [1.29, 1.82) is 0 Å². The van der Waals surface area contributed by atoms with Crippen LogP contribution in [0, 0.1) is 6.92 Å². The van der Waals surface area contributed by atoms with Crippen LogP contribution in [-0.4, -0.2) is 30.8 Å². The van der Waals surface area contributed by atoms with Gasteiger partial charge in [-0.3, -0.25) is 0 Å². The maximum absolute atomic E-state index is 9.13. The van der Waals surface area contributed by atoms with Crippen molar-refractivity contribution >= 4 is 12.2 Å². The van der Waals surface area contributed by atoms with Gasteiger partial charge in [-0.25, -0.2) is 20.4 Å². The summed E-state index contributed by atoms with van der Waals surface area (Å²) in [6, 6.07) is 9.60. The van der Waals surface area contributed by atoms with Crippen molar-refractivity contribution in [3.8, 4) is 5.69 Å². The molecule has 0 radical (unpaired) electrons. The zero-order chi connectivity index (χ0) is 16.1. The predicted molar refractivity (Wildman–Crippen MR) is 87.5 cm³/mol. The zero-order valence-corrected chi connectivity index (χ0v) is 12.6. The van der Waals surface area contributed by atoms with Crippen LogP contribution in [0.3, 0.4) is 0 Å². The molecular formula is C16H16N6O. The fourth-order valence-electron chi connectivity index (χ4n) is 2.07. The largest absolute Gasteiger partial charge is 0.390 e. The summed E-state index contributed by atoms with van der Waals surface area (Å²) in [5.74, 6) is 0.361. The minimum Gasteiger partial charge on any atom is -0.390 e. The van der Waals surface area contributed by atoms with Crippen LogP contribution >= 0.6 is 0 Å². The fraction of sp³-hybridized carbons (Fsp3) is 0.125. The average molecular weight is 308 g/mol. The molecule has 0 aliphatic carbocycles. The van der Waals surface area contributed by atoms with Crippen molar-refractivity contribution in [3.63, 3.8) is 0 Å². The minimum absolute atomic E-state index is 0.128. The third-order valence-electron chi connectivity index (χ3n) is 3.14. The van der Waals surface area contributed by atoms with Gasteiger partial charge in [-0.15, -0.1) is 0 Å². The number of hydrazone groups is 1. The van der Waals surface area contributed by atoms with Crippen LogP contribution in [0.2, 0.25) is 0 Å². The van der Waals surface area contributed by atoms with Gasteiger partial charge < -0.3 is 9.67 Å². The van der Waals surface area contributed by atoms with Gasteiger partial charge in [-0.05, 0) is 30.7 Å². The molecule has 1 aromatic carbocycles. The van der Waals surface area contributed by atoms with Gasteiger partial charge in [-0.2, -0.15) is 5.10 Å². The molecule has 0 aliphatic rings. The molecule has 23 heavy (non-hydrogen) atoms. The second-order valence-electron chi connectivity index (χ2n) is 4.91. The van der Waals surface area contributed by atoms with E-state index in [1.807, 2.05) is 42.0 Å². The maximum atomic E-state index is 9.13. The van der Waals surface area contributed by atoms with Gasteiger partial charge in [-0.1, -0.05) is 12.1 Å². The van der Waals surface area contributed by atoms with Gasteiger partial charge in [0.2, 0.25) is 5.95 Å².